The van der Waals surface area contributed by atoms with Gasteiger partial charge in [-0.3, -0.25) is 0 Å². The van der Waals surface area contributed by atoms with Crippen LogP contribution in [0.15, 0.2) is 320 Å². The molecule has 0 saturated carbocycles. The molecule has 3 nitrogen and oxygen atoms in total. The van der Waals surface area contributed by atoms with E-state index in [2.05, 4.69) is 303 Å². The molecule has 0 radical (unpaired) electrons. The van der Waals surface area contributed by atoms with Gasteiger partial charge in [0.2, 0.25) is 0 Å². The van der Waals surface area contributed by atoms with Crippen molar-refractivity contribution in [2.24, 2.45) is 0 Å². The van der Waals surface area contributed by atoms with Crippen LogP contribution in [0.3, 0.4) is 0 Å². The summed E-state index contributed by atoms with van der Waals surface area (Å²) in [5.41, 5.74) is 22.4. The van der Waals surface area contributed by atoms with E-state index in [0.717, 1.165) is 105 Å². The summed E-state index contributed by atoms with van der Waals surface area (Å²) >= 11 is 0. The summed E-state index contributed by atoms with van der Waals surface area (Å²) in [6.45, 7) is 7.01. The summed E-state index contributed by atoms with van der Waals surface area (Å²) < 4.78 is 13.7. The third kappa shape index (κ3) is 7.15. The molecule has 1 aliphatic heterocycles. The largest absolute Gasteiger partial charge is 0.456 e. The predicted octanol–water partition coefficient (Wildman–Crippen LogP) is 21.7. The molecule has 0 amide bonds. The van der Waals surface area contributed by atoms with E-state index >= 15 is 0 Å². The van der Waals surface area contributed by atoms with Crippen LogP contribution in [-0.2, 0) is 10.8 Å². The number of benzene rings is 13. The van der Waals surface area contributed by atoms with Crippen LogP contribution >= 0.6 is 0 Å². The lowest BCUT2D eigenvalue weighted by Crippen LogP contribution is -2.32. The topological polar surface area (TPSA) is 25.6 Å². The Morgan fingerprint density at radius 3 is 1.57 bits per heavy atom. The van der Waals surface area contributed by atoms with Gasteiger partial charge in [-0.15, -0.1) is 0 Å². The Morgan fingerprint density at radius 1 is 0.372 bits per heavy atom. The number of hydrogen-bond donors (Lipinski definition) is 0. The maximum Gasteiger partial charge on any atom is 0.140 e. The second kappa shape index (κ2) is 19.3. The third-order valence-corrected chi connectivity index (χ3v) is 18.7. The third-order valence-electron chi connectivity index (χ3n) is 18.7. The molecule has 13 aromatic carbocycles. The quantitative estimate of drug-likeness (QED) is 0.135. The van der Waals surface area contributed by atoms with E-state index in [1.165, 1.54) is 55.6 Å². The van der Waals surface area contributed by atoms with Gasteiger partial charge in [0.15, 0.2) is 0 Å². The van der Waals surface area contributed by atoms with Crippen LogP contribution in [0.5, 0.6) is 11.5 Å². The van der Waals surface area contributed by atoms with Crippen molar-refractivity contribution in [3.8, 4) is 44.9 Å². The molecule has 2 aliphatic carbocycles. The Labute approximate surface area is 500 Å². The van der Waals surface area contributed by atoms with Crippen LogP contribution in [0.4, 0.5) is 11.4 Å². The van der Waals surface area contributed by atoms with Gasteiger partial charge in [-0.2, -0.15) is 0 Å². The molecule has 0 unspecified atom stereocenters. The molecular weight excluding hydrogens is 1040 g/mol. The second-order valence-electron chi connectivity index (χ2n) is 23.0. The van der Waals surface area contributed by atoms with E-state index < -0.39 is 10.8 Å². The Hall–Kier alpha value is -11.0. The Kier molecular flexibility index (Phi) is 11.1. The van der Waals surface area contributed by atoms with Gasteiger partial charge in [0.05, 0.1) is 10.8 Å². The van der Waals surface area contributed by atoms with E-state index in [9.17, 15) is 0 Å². The molecule has 404 valence electrons. The number of nitrogens with zero attached hydrogens (tertiary/aromatic N) is 1. The highest BCUT2D eigenvalue weighted by molar-refractivity contribution is 6.06. The molecule has 3 aliphatic rings. The van der Waals surface area contributed by atoms with Crippen LogP contribution in [0.1, 0.15) is 57.0 Å². The van der Waals surface area contributed by atoms with E-state index in [1.54, 1.807) is 0 Å². The average molecular weight is 1100 g/mol. The van der Waals surface area contributed by atoms with Crippen molar-refractivity contribution in [3.63, 3.8) is 0 Å². The monoisotopic (exact) mass is 1100 g/mol. The maximum atomic E-state index is 7.27. The van der Waals surface area contributed by atoms with Crippen molar-refractivity contribution in [1.29, 1.82) is 0 Å². The van der Waals surface area contributed by atoms with E-state index in [1.807, 2.05) is 12.1 Å². The van der Waals surface area contributed by atoms with Gasteiger partial charge >= 0.3 is 0 Å². The second-order valence-corrected chi connectivity index (χ2v) is 23.0. The number of allylic oxidation sites excluding steroid dienone is 4. The minimum Gasteiger partial charge on any atom is -0.456 e. The van der Waals surface area contributed by atoms with Crippen molar-refractivity contribution >= 4 is 60.4 Å². The smallest absolute Gasteiger partial charge is 0.140 e. The standard InChI is InChI=1S/C83H55NO2/c1-3-61(41-34-53(2)57-37-45-68-66-28-14-18-32-73(66)83(77(68)50-57)75-47-39-55-20-10-12-26-64(55)80(75)86-81-65-27-13-11-21-56(65)40-48-76(81)83)84(62-42-35-54(36-43-62)58-38-46-70-69-30-16-19-33-78(69)85-79(70)51-58)63-44-49-74-71(52-63)67-29-15-17-31-72(67)82(74,59-22-6-4-7-23-59)60-24-8-5-9-25-60/h3-52H,2H2,1H3/b41-34-,61-3+. The molecule has 0 saturated heterocycles. The lowest BCUT2D eigenvalue weighted by molar-refractivity contribution is 0.447. The number of furan rings is 1. The predicted molar refractivity (Wildman–Crippen MR) is 356 cm³/mol. The summed E-state index contributed by atoms with van der Waals surface area (Å²) in [6, 6.07) is 104. The number of anilines is 2. The highest BCUT2D eigenvalue weighted by Gasteiger charge is 2.52. The van der Waals surface area contributed by atoms with Crippen LogP contribution in [0.25, 0.3) is 82.4 Å². The van der Waals surface area contributed by atoms with Gasteiger partial charge < -0.3 is 14.1 Å². The number of ether oxygens (including phenoxy) is 1. The zero-order valence-corrected chi connectivity index (χ0v) is 47.3. The Morgan fingerprint density at radius 2 is 0.895 bits per heavy atom. The van der Waals surface area contributed by atoms with Gasteiger partial charge in [0, 0.05) is 49.7 Å². The van der Waals surface area contributed by atoms with Crippen molar-refractivity contribution < 1.29 is 9.15 Å². The summed E-state index contributed by atoms with van der Waals surface area (Å²) in [5.74, 6) is 1.80. The summed E-state index contributed by atoms with van der Waals surface area (Å²) in [5, 5.41) is 6.72. The summed E-state index contributed by atoms with van der Waals surface area (Å²) in [4.78, 5) is 2.39. The van der Waals surface area contributed by atoms with Gasteiger partial charge in [-0.1, -0.05) is 255 Å². The van der Waals surface area contributed by atoms with Gasteiger partial charge in [0.25, 0.3) is 0 Å². The Balaban J connectivity index is 0.807. The van der Waals surface area contributed by atoms with Crippen LogP contribution in [0.2, 0.25) is 0 Å². The SMILES string of the molecule is C=C(/C=C\C(=C/C)N(c1ccc(-c2ccc3c(c2)oc2ccccc23)cc1)c1ccc2c(c1)-c1ccccc1C2(c1ccccc1)c1ccccc1)c1ccc2c(c1)C1(c3ccccc3-2)c2ccc3ccccc3c2Oc2c1ccc1ccccc21. The number of para-hydroxylation sites is 1. The molecule has 0 N–H and O–H groups in total. The van der Waals surface area contributed by atoms with E-state index in [4.69, 9.17) is 15.7 Å². The van der Waals surface area contributed by atoms with Crippen molar-refractivity contribution in [2.75, 3.05) is 4.90 Å². The molecular formula is C83H55NO2. The fourth-order valence-corrected chi connectivity index (χ4v) is 14.9. The highest BCUT2D eigenvalue weighted by Crippen LogP contribution is 2.64. The Bertz CT molecular complexity index is 5050. The van der Waals surface area contributed by atoms with Crippen molar-refractivity contribution in [2.45, 2.75) is 17.8 Å². The lowest BCUT2D eigenvalue weighted by Gasteiger charge is -2.40. The minimum absolute atomic E-state index is 0.520. The number of fused-ring (bicyclic) bond motifs is 19. The number of rotatable bonds is 9. The maximum absolute atomic E-state index is 7.27. The highest BCUT2D eigenvalue weighted by atomic mass is 16.5. The first kappa shape index (κ1) is 49.6. The first-order valence-electron chi connectivity index (χ1n) is 29.7. The fourth-order valence-electron chi connectivity index (χ4n) is 14.9. The molecule has 1 spiro atoms. The van der Waals surface area contributed by atoms with Crippen LogP contribution in [-0.4, -0.2) is 0 Å². The van der Waals surface area contributed by atoms with Gasteiger partial charge in [-0.05, 0) is 150 Å². The van der Waals surface area contributed by atoms with Gasteiger partial charge in [0.1, 0.15) is 22.7 Å². The molecule has 86 heavy (non-hydrogen) atoms. The molecule has 0 fully saturated rings. The van der Waals surface area contributed by atoms with Gasteiger partial charge in [-0.25, -0.2) is 0 Å². The molecule has 0 bridgehead atoms. The molecule has 0 atom stereocenters. The molecule has 1 aromatic heterocycles. The molecule has 3 heteroatoms. The van der Waals surface area contributed by atoms with E-state index in [-0.39, 0.29) is 0 Å². The van der Waals surface area contributed by atoms with Crippen LogP contribution in [0, 0.1) is 0 Å². The normalized spacial score (nSPS) is 14.0. The average Bonchev–Trinajstić information content (AvgIpc) is 1.44. The number of hydrogen-bond acceptors (Lipinski definition) is 3. The minimum atomic E-state index is -0.678. The fraction of sp³-hybridized carbons (Fsp3) is 0.0361. The van der Waals surface area contributed by atoms with E-state index in [0.29, 0.717) is 0 Å². The zero-order chi connectivity index (χ0) is 57.1. The molecule has 2 heterocycles. The lowest BCUT2D eigenvalue weighted by atomic mass is 9.65. The molecule has 14 aromatic rings. The van der Waals surface area contributed by atoms with Crippen LogP contribution < -0.4 is 9.64 Å². The molecule has 17 rings (SSSR count). The van der Waals surface area contributed by atoms with Crippen molar-refractivity contribution in [3.05, 3.63) is 366 Å². The summed E-state index contributed by atoms with van der Waals surface area (Å²) in [7, 11) is 0. The summed E-state index contributed by atoms with van der Waals surface area (Å²) in [6.07, 6.45) is 6.65. The first-order chi connectivity index (χ1) is 42.5. The first-order valence-corrected chi connectivity index (χ1v) is 29.7. The van der Waals surface area contributed by atoms with Crippen molar-refractivity contribution in [1.82, 2.24) is 0 Å². The zero-order valence-electron chi connectivity index (χ0n) is 47.3.